The first-order chi connectivity index (χ1) is 10.1. The van der Waals surface area contributed by atoms with Gasteiger partial charge in [0.15, 0.2) is 0 Å². The van der Waals surface area contributed by atoms with Crippen LogP contribution in [-0.2, 0) is 11.2 Å². The molecule has 3 heteroatoms. The predicted octanol–water partition coefficient (Wildman–Crippen LogP) is 2.77. The Balaban J connectivity index is 1.93. The first-order valence-electron chi connectivity index (χ1n) is 8.16. The van der Waals surface area contributed by atoms with Gasteiger partial charge in [0.05, 0.1) is 12.7 Å². The molecule has 1 aliphatic rings. The Labute approximate surface area is 128 Å². The third-order valence-electron chi connectivity index (χ3n) is 5.09. The summed E-state index contributed by atoms with van der Waals surface area (Å²) in [5.41, 5.74) is 1.45. The molecule has 0 heterocycles. The number of nitrogens with one attached hydrogen (secondary N) is 1. The summed E-state index contributed by atoms with van der Waals surface area (Å²) in [6, 6.07) is 10.9. The van der Waals surface area contributed by atoms with E-state index in [4.69, 9.17) is 4.74 Å². The third kappa shape index (κ3) is 3.65. The Hall–Kier alpha value is -0.900. The summed E-state index contributed by atoms with van der Waals surface area (Å²) in [6.07, 6.45) is 3.36. The minimum Gasteiger partial charge on any atom is -0.395 e. The molecule has 21 heavy (non-hydrogen) atoms. The number of rotatable bonds is 8. The summed E-state index contributed by atoms with van der Waals surface area (Å²) < 4.78 is 5.85. The monoisotopic (exact) mass is 291 g/mol. The molecule has 1 aromatic carbocycles. The number of benzene rings is 1. The minimum absolute atomic E-state index is 0.117. The first-order valence-corrected chi connectivity index (χ1v) is 8.16. The van der Waals surface area contributed by atoms with Gasteiger partial charge in [0, 0.05) is 24.1 Å². The topological polar surface area (TPSA) is 41.5 Å². The van der Waals surface area contributed by atoms with Crippen LogP contribution in [0.4, 0.5) is 0 Å². The Morgan fingerprint density at radius 3 is 2.62 bits per heavy atom. The van der Waals surface area contributed by atoms with E-state index in [2.05, 4.69) is 38.2 Å². The van der Waals surface area contributed by atoms with Gasteiger partial charge in [0.2, 0.25) is 0 Å². The normalized spacial score (nSPS) is 29.9. The molecule has 2 rings (SSSR count). The van der Waals surface area contributed by atoms with Crippen LogP contribution in [0.25, 0.3) is 0 Å². The summed E-state index contributed by atoms with van der Waals surface area (Å²) >= 11 is 0. The van der Waals surface area contributed by atoms with Gasteiger partial charge < -0.3 is 15.2 Å². The molecule has 118 valence electrons. The predicted molar refractivity (Wildman–Crippen MR) is 86.4 cm³/mol. The van der Waals surface area contributed by atoms with E-state index in [0.717, 1.165) is 25.9 Å². The standard InChI is InChI=1S/C18H29NO2/c1-4-18(3)16(12-17(18)21-5-2)19-15(13-20)11-14-9-7-6-8-10-14/h6-10,15-17,19-20H,4-5,11-13H2,1-3H3/t15-,16?,17?,18?/m1/s1. The van der Waals surface area contributed by atoms with Crippen LogP contribution >= 0.6 is 0 Å². The summed E-state index contributed by atoms with van der Waals surface area (Å²) in [6.45, 7) is 7.53. The first kappa shape index (κ1) is 16.5. The van der Waals surface area contributed by atoms with Crippen molar-refractivity contribution in [1.82, 2.24) is 5.32 Å². The molecule has 1 aliphatic carbocycles. The molecule has 1 aromatic rings. The van der Waals surface area contributed by atoms with E-state index in [9.17, 15) is 5.11 Å². The highest BCUT2D eigenvalue weighted by atomic mass is 16.5. The molecular formula is C18H29NO2. The lowest BCUT2D eigenvalue weighted by Crippen LogP contribution is -2.64. The second-order valence-corrected chi connectivity index (χ2v) is 6.33. The Morgan fingerprint density at radius 1 is 1.33 bits per heavy atom. The van der Waals surface area contributed by atoms with Gasteiger partial charge >= 0.3 is 0 Å². The quantitative estimate of drug-likeness (QED) is 0.774. The number of ether oxygens (including phenoxy) is 1. The fraction of sp³-hybridized carbons (Fsp3) is 0.667. The molecule has 2 N–H and O–H groups in total. The lowest BCUT2D eigenvalue weighted by molar-refractivity contribution is -0.129. The van der Waals surface area contributed by atoms with Crippen molar-refractivity contribution >= 4 is 0 Å². The fourth-order valence-corrected chi connectivity index (χ4v) is 3.37. The lowest BCUT2D eigenvalue weighted by Gasteiger charge is -2.54. The van der Waals surface area contributed by atoms with Gasteiger partial charge in [-0.25, -0.2) is 0 Å². The zero-order chi connectivity index (χ0) is 15.3. The van der Waals surface area contributed by atoms with Crippen LogP contribution in [0.5, 0.6) is 0 Å². The third-order valence-corrected chi connectivity index (χ3v) is 5.09. The molecule has 1 fully saturated rings. The Morgan fingerprint density at radius 2 is 2.05 bits per heavy atom. The van der Waals surface area contributed by atoms with Crippen molar-refractivity contribution in [2.24, 2.45) is 5.41 Å². The van der Waals surface area contributed by atoms with E-state index in [1.54, 1.807) is 0 Å². The summed E-state index contributed by atoms with van der Waals surface area (Å²) in [4.78, 5) is 0. The maximum absolute atomic E-state index is 9.67. The smallest absolute Gasteiger partial charge is 0.0658 e. The van der Waals surface area contributed by atoms with Crippen molar-refractivity contribution in [2.45, 2.75) is 58.2 Å². The SMILES string of the molecule is CCOC1CC(N[C@@H](CO)Cc2ccccc2)C1(C)CC. The van der Waals surface area contributed by atoms with Crippen LogP contribution in [0.15, 0.2) is 30.3 Å². The molecule has 0 aromatic heterocycles. The molecule has 0 spiro atoms. The van der Waals surface area contributed by atoms with Crippen LogP contribution < -0.4 is 5.32 Å². The molecule has 0 radical (unpaired) electrons. The molecule has 3 unspecified atom stereocenters. The highest BCUT2D eigenvalue weighted by Gasteiger charge is 2.51. The van der Waals surface area contributed by atoms with E-state index in [1.807, 2.05) is 18.2 Å². The van der Waals surface area contributed by atoms with Crippen molar-refractivity contribution in [2.75, 3.05) is 13.2 Å². The van der Waals surface area contributed by atoms with Crippen molar-refractivity contribution < 1.29 is 9.84 Å². The van der Waals surface area contributed by atoms with Gasteiger partial charge in [-0.15, -0.1) is 0 Å². The molecule has 0 bridgehead atoms. The number of aliphatic hydroxyl groups excluding tert-OH is 1. The molecule has 0 amide bonds. The Kier molecular flexibility index (Phi) is 5.80. The summed E-state index contributed by atoms with van der Waals surface area (Å²) in [5.74, 6) is 0. The average Bonchev–Trinajstić information content (AvgIpc) is 2.52. The number of hydrogen-bond donors (Lipinski definition) is 2. The second kappa shape index (κ2) is 7.39. The van der Waals surface area contributed by atoms with E-state index < -0.39 is 0 Å². The van der Waals surface area contributed by atoms with Crippen molar-refractivity contribution in [3.63, 3.8) is 0 Å². The average molecular weight is 291 g/mol. The summed E-state index contributed by atoms with van der Waals surface area (Å²) in [7, 11) is 0. The van der Waals surface area contributed by atoms with Gasteiger partial charge in [-0.2, -0.15) is 0 Å². The summed E-state index contributed by atoms with van der Waals surface area (Å²) in [5, 5.41) is 13.3. The fourth-order valence-electron chi connectivity index (χ4n) is 3.37. The molecule has 0 aliphatic heterocycles. The van der Waals surface area contributed by atoms with Gasteiger partial charge in [-0.05, 0) is 31.7 Å². The van der Waals surface area contributed by atoms with Crippen LogP contribution in [0, 0.1) is 5.41 Å². The lowest BCUT2D eigenvalue weighted by atomic mass is 9.61. The van der Waals surface area contributed by atoms with Crippen LogP contribution in [0.1, 0.15) is 39.2 Å². The van der Waals surface area contributed by atoms with Gasteiger partial charge in [0.1, 0.15) is 0 Å². The molecule has 4 atom stereocenters. The zero-order valence-electron chi connectivity index (χ0n) is 13.5. The maximum atomic E-state index is 9.67. The molecular weight excluding hydrogens is 262 g/mol. The largest absolute Gasteiger partial charge is 0.395 e. The van der Waals surface area contributed by atoms with Gasteiger partial charge in [-0.1, -0.05) is 44.2 Å². The minimum atomic E-state index is 0.117. The molecule has 0 saturated heterocycles. The van der Waals surface area contributed by atoms with Crippen molar-refractivity contribution in [1.29, 1.82) is 0 Å². The Bertz CT molecular complexity index is 422. The highest BCUT2D eigenvalue weighted by Crippen LogP contribution is 2.46. The van der Waals surface area contributed by atoms with Crippen molar-refractivity contribution in [3.8, 4) is 0 Å². The van der Waals surface area contributed by atoms with Gasteiger partial charge in [-0.3, -0.25) is 0 Å². The zero-order valence-corrected chi connectivity index (χ0v) is 13.5. The second-order valence-electron chi connectivity index (χ2n) is 6.33. The van der Waals surface area contributed by atoms with E-state index in [1.165, 1.54) is 5.56 Å². The van der Waals surface area contributed by atoms with E-state index in [-0.39, 0.29) is 18.1 Å². The van der Waals surface area contributed by atoms with Gasteiger partial charge in [0.25, 0.3) is 0 Å². The molecule has 1 saturated carbocycles. The van der Waals surface area contributed by atoms with E-state index in [0.29, 0.717) is 12.1 Å². The van der Waals surface area contributed by atoms with Crippen LogP contribution in [0.3, 0.4) is 0 Å². The highest BCUT2D eigenvalue weighted by molar-refractivity contribution is 5.16. The van der Waals surface area contributed by atoms with Crippen molar-refractivity contribution in [3.05, 3.63) is 35.9 Å². The van der Waals surface area contributed by atoms with Crippen LogP contribution in [-0.4, -0.2) is 36.5 Å². The van der Waals surface area contributed by atoms with Crippen LogP contribution in [0.2, 0.25) is 0 Å². The maximum Gasteiger partial charge on any atom is 0.0658 e. The molecule has 3 nitrogen and oxygen atoms in total. The number of hydrogen-bond acceptors (Lipinski definition) is 3. The number of aliphatic hydroxyl groups is 1. The van der Waals surface area contributed by atoms with E-state index >= 15 is 0 Å².